The number of aromatic amines is 1. The van der Waals surface area contributed by atoms with Gasteiger partial charge in [-0.15, -0.1) is 0 Å². The summed E-state index contributed by atoms with van der Waals surface area (Å²) < 4.78 is 43.1. The van der Waals surface area contributed by atoms with E-state index in [1.807, 2.05) is 6.07 Å². The number of nitrogens with zero attached hydrogens (tertiary/aromatic N) is 5. The number of aryl methyl sites for hydroxylation is 1. The maximum Gasteiger partial charge on any atom is 0.273 e. The number of sulfonamides is 1. The van der Waals surface area contributed by atoms with Crippen LogP contribution >= 0.6 is 0 Å². The largest absolute Gasteiger partial charge is 0.380 e. The highest BCUT2D eigenvalue weighted by Gasteiger charge is 2.29. The second kappa shape index (κ2) is 16.1. The van der Waals surface area contributed by atoms with Crippen molar-refractivity contribution in [1.29, 1.82) is 5.26 Å². The molecule has 0 bridgehead atoms. The fourth-order valence-electron chi connectivity index (χ4n) is 7.47. The Balaban J connectivity index is 1.08. The van der Waals surface area contributed by atoms with E-state index in [0.717, 1.165) is 61.6 Å². The number of halogens is 1. The van der Waals surface area contributed by atoms with E-state index in [-0.39, 0.29) is 34.0 Å². The summed E-state index contributed by atoms with van der Waals surface area (Å²) in [5.74, 6) is -0.924. The van der Waals surface area contributed by atoms with Crippen molar-refractivity contribution < 1.29 is 17.6 Å². The Morgan fingerprint density at radius 3 is 2.40 bits per heavy atom. The molecule has 0 saturated carbocycles. The number of hydrogen-bond acceptors (Lipinski definition) is 9. The standard InChI is InChI=1S/C38H48FN9O4S/c1-25-26(5-8-35-31(25)22-29(23-40)48(35)20-19-46-17-12-30(13-18-46)53(51,52)41-2)24-47-15-10-28(11-16-47)43-34-9-14-42-37(49)36(34)44-33-7-6-27(39)21-32(33)38(50)45(3)4/h5-9,14,21-22,28,30,41,44H,10-13,15-20,24H2,1-4H3,(H2,42,43,49). The smallest absolute Gasteiger partial charge is 0.273 e. The van der Waals surface area contributed by atoms with Crippen molar-refractivity contribution in [3.8, 4) is 6.07 Å². The Morgan fingerprint density at radius 1 is 1.00 bits per heavy atom. The highest BCUT2D eigenvalue weighted by molar-refractivity contribution is 7.90. The van der Waals surface area contributed by atoms with Crippen LogP contribution in [0.15, 0.2) is 53.5 Å². The summed E-state index contributed by atoms with van der Waals surface area (Å²) in [6.45, 7) is 7.39. The van der Waals surface area contributed by atoms with E-state index >= 15 is 0 Å². The second-order valence-corrected chi connectivity index (χ2v) is 16.3. The number of H-pyrrole nitrogens is 1. The van der Waals surface area contributed by atoms with Gasteiger partial charge in [-0.2, -0.15) is 5.26 Å². The van der Waals surface area contributed by atoms with E-state index in [2.05, 4.69) is 59.8 Å². The summed E-state index contributed by atoms with van der Waals surface area (Å²) in [7, 11) is 1.38. The van der Waals surface area contributed by atoms with Gasteiger partial charge in [0.05, 0.1) is 22.2 Å². The minimum atomic E-state index is -3.26. The molecule has 0 radical (unpaired) electrons. The molecular weight excluding hydrogens is 698 g/mol. The fraction of sp³-hybridized carbons (Fsp3) is 0.447. The summed E-state index contributed by atoms with van der Waals surface area (Å²) in [5, 5.41) is 17.3. The first-order valence-electron chi connectivity index (χ1n) is 18.0. The Morgan fingerprint density at radius 2 is 1.72 bits per heavy atom. The van der Waals surface area contributed by atoms with Gasteiger partial charge < -0.3 is 30.0 Å². The SMILES string of the molecule is CNS(=O)(=O)C1CCN(CCn2c(C#N)cc3c(C)c(CN4CCC(Nc5cc[nH]c(=O)c5Nc5ccc(F)cc5C(=O)N(C)C)CC4)ccc32)CC1. The van der Waals surface area contributed by atoms with Gasteiger partial charge in [-0.1, -0.05) is 6.07 Å². The number of nitrogens with one attached hydrogen (secondary N) is 4. The topological polar surface area (TPSA) is 159 Å². The molecule has 0 unspecified atom stereocenters. The Labute approximate surface area is 309 Å². The minimum Gasteiger partial charge on any atom is -0.380 e. The third-order valence-corrected chi connectivity index (χ3v) is 12.6. The molecule has 2 aliphatic heterocycles. The number of carbonyl (C=O) groups excluding carboxylic acids is 1. The van der Waals surface area contributed by atoms with Gasteiger partial charge in [0.15, 0.2) is 0 Å². The number of anilines is 3. The second-order valence-electron chi connectivity index (χ2n) is 14.2. The molecule has 0 aliphatic carbocycles. The molecule has 4 heterocycles. The summed E-state index contributed by atoms with van der Waals surface area (Å²) in [6, 6.07) is 14.4. The molecule has 0 spiro atoms. The molecule has 4 N–H and O–H groups in total. The number of nitriles is 1. The van der Waals surface area contributed by atoms with Gasteiger partial charge in [-0.3, -0.25) is 14.5 Å². The molecule has 2 aliphatic rings. The minimum absolute atomic E-state index is 0.110. The maximum atomic E-state index is 14.1. The lowest BCUT2D eigenvalue weighted by Crippen LogP contribution is -2.43. The summed E-state index contributed by atoms with van der Waals surface area (Å²) in [6.07, 6.45) is 4.47. The molecular formula is C38H48FN9O4S. The molecule has 0 atom stereocenters. The lowest BCUT2D eigenvalue weighted by molar-refractivity contribution is 0.0828. The first-order chi connectivity index (χ1) is 25.4. The molecule has 2 aromatic heterocycles. The zero-order valence-electron chi connectivity index (χ0n) is 30.7. The van der Waals surface area contributed by atoms with Crippen LogP contribution in [0.1, 0.15) is 52.9 Å². The van der Waals surface area contributed by atoms with Crippen LogP contribution in [0, 0.1) is 24.1 Å². The van der Waals surface area contributed by atoms with Crippen LogP contribution in [0.5, 0.6) is 0 Å². The molecule has 2 aromatic carbocycles. The van der Waals surface area contributed by atoms with Gasteiger partial charge in [-0.05, 0) is 100 Å². The van der Waals surface area contributed by atoms with E-state index in [9.17, 15) is 27.7 Å². The fourth-order valence-corrected chi connectivity index (χ4v) is 8.64. The number of hydrogen-bond donors (Lipinski definition) is 4. The molecule has 4 aromatic rings. The summed E-state index contributed by atoms with van der Waals surface area (Å²) in [5.41, 5.74) is 4.98. The Hall–Kier alpha value is -4.75. The zero-order chi connectivity index (χ0) is 37.9. The quantitative estimate of drug-likeness (QED) is 0.167. The van der Waals surface area contributed by atoms with Crippen molar-refractivity contribution in [2.75, 3.05) is 64.5 Å². The number of fused-ring (bicyclic) bond motifs is 1. The highest BCUT2D eigenvalue weighted by Crippen LogP contribution is 2.30. The third-order valence-electron chi connectivity index (χ3n) is 10.7. The van der Waals surface area contributed by atoms with Gasteiger partial charge in [0.25, 0.3) is 11.5 Å². The molecule has 2 saturated heterocycles. The van der Waals surface area contributed by atoms with Crippen molar-refractivity contribution in [3.05, 3.63) is 87.2 Å². The van der Waals surface area contributed by atoms with E-state index in [4.69, 9.17) is 0 Å². The van der Waals surface area contributed by atoms with Gasteiger partial charge in [0.1, 0.15) is 23.3 Å². The number of carbonyl (C=O) groups is 1. The Bertz CT molecular complexity index is 2180. The van der Waals surface area contributed by atoms with Crippen molar-refractivity contribution in [3.63, 3.8) is 0 Å². The molecule has 282 valence electrons. The van der Waals surface area contributed by atoms with Crippen LogP contribution in [0.3, 0.4) is 0 Å². The third kappa shape index (κ3) is 8.41. The molecule has 13 nitrogen and oxygen atoms in total. The van der Waals surface area contributed by atoms with Crippen molar-refractivity contribution in [2.24, 2.45) is 0 Å². The molecule has 53 heavy (non-hydrogen) atoms. The van der Waals surface area contributed by atoms with Crippen LogP contribution in [0.25, 0.3) is 10.9 Å². The maximum absolute atomic E-state index is 14.1. The Kier molecular flexibility index (Phi) is 11.5. The molecule has 6 rings (SSSR count). The average Bonchev–Trinajstić information content (AvgIpc) is 3.52. The van der Waals surface area contributed by atoms with Gasteiger partial charge in [-0.25, -0.2) is 17.5 Å². The van der Waals surface area contributed by atoms with E-state index in [1.54, 1.807) is 26.4 Å². The van der Waals surface area contributed by atoms with Crippen LogP contribution in [-0.2, 0) is 23.1 Å². The first kappa shape index (κ1) is 38.0. The zero-order valence-corrected chi connectivity index (χ0v) is 31.5. The van der Waals surface area contributed by atoms with E-state index < -0.39 is 15.8 Å². The van der Waals surface area contributed by atoms with E-state index in [0.29, 0.717) is 49.5 Å². The average molecular weight is 746 g/mol. The lowest BCUT2D eigenvalue weighted by Gasteiger charge is -2.33. The first-order valence-corrected chi connectivity index (χ1v) is 19.6. The molecule has 15 heteroatoms. The van der Waals surface area contributed by atoms with Crippen LogP contribution < -0.4 is 20.9 Å². The number of pyridine rings is 1. The van der Waals surface area contributed by atoms with Gasteiger partial charge in [0, 0.05) is 70.0 Å². The summed E-state index contributed by atoms with van der Waals surface area (Å²) >= 11 is 0. The number of amides is 1. The predicted molar refractivity (Wildman–Crippen MR) is 206 cm³/mol. The number of piperidine rings is 2. The monoisotopic (exact) mass is 745 g/mol. The number of likely N-dealkylation sites (tertiary alicyclic amines) is 2. The highest BCUT2D eigenvalue weighted by atomic mass is 32.2. The van der Waals surface area contributed by atoms with Crippen LogP contribution in [-0.4, -0.2) is 104 Å². The number of rotatable bonds is 12. The number of benzene rings is 2. The van der Waals surface area contributed by atoms with Crippen molar-refractivity contribution >= 4 is 43.9 Å². The van der Waals surface area contributed by atoms with Gasteiger partial charge in [0.2, 0.25) is 10.0 Å². The van der Waals surface area contributed by atoms with Crippen LogP contribution in [0.2, 0.25) is 0 Å². The van der Waals surface area contributed by atoms with Gasteiger partial charge >= 0.3 is 0 Å². The van der Waals surface area contributed by atoms with Crippen molar-refractivity contribution in [2.45, 2.75) is 57.0 Å². The summed E-state index contributed by atoms with van der Waals surface area (Å²) in [4.78, 5) is 34.5. The van der Waals surface area contributed by atoms with E-state index in [1.165, 1.54) is 29.6 Å². The molecule has 1 amide bonds. The number of aromatic nitrogens is 2. The molecule has 2 fully saturated rings. The van der Waals surface area contributed by atoms with Crippen LogP contribution in [0.4, 0.5) is 21.5 Å². The predicted octanol–water partition coefficient (Wildman–Crippen LogP) is 4.18. The lowest BCUT2D eigenvalue weighted by atomic mass is 10.0. The van der Waals surface area contributed by atoms with Crippen molar-refractivity contribution in [1.82, 2.24) is 29.0 Å². The normalized spacial score (nSPS) is 16.5.